The zero-order valence-corrected chi connectivity index (χ0v) is 13.3. The Hall–Kier alpha value is -1.31. The third-order valence-corrected chi connectivity index (χ3v) is 3.87. The minimum atomic E-state index is 0.295. The minimum Gasteiger partial charge on any atom is -0.304 e. The first-order valence-electron chi connectivity index (χ1n) is 7.05. The first-order chi connectivity index (χ1) is 9.45. The number of rotatable bonds is 4. The van der Waals surface area contributed by atoms with Gasteiger partial charge in [0.05, 0.1) is 0 Å². The predicted octanol–water partition coefficient (Wildman–Crippen LogP) is 5.37. The van der Waals surface area contributed by atoms with E-state index in [0.717, 1.165) is 5.02 Å². The molecule has 0 saturated carbocycles. The van der Waals surface area contributed by atoms with Crippen molar-refractivity contribution in [3.63, 3.8) is 0 Å². The van der Waals surface area contributed by atoms with E-state index in [-0.39, 0.29) is 0 Å². The van der Waals surface area contributed by atoms with Gasteiger partial charge in [-0.3, -0.25) is 0 Å². The fourth-order valence-corrected chi connectivity index (χ4v) is 2.70. The molecule has 2 rings (SSSR count). The lowest BCUT2D eigenvalue weighted by Crippen LogP contribution is -2.22. The molecule has 106 valence electrons. The molecule has 0 amide bonds. The maximum Gasteiger partial charge on any atom is 0.0406 e. The highest BCUT2D eigenvalue weighted by molar-refractivity contribution is 6.30. The van der Waals surface area contributed by atoms with Gasteiger partial charge in [0.15, 0.2) is 0 Å². The fraction of sp³-hybridized carbons (Fsp3) is 0.333. The van der Waals surface area contributed by atoms with E-state index >= 15 is 0 Å². The van der Waals surface area contributed by atoms with Gasteiger partial charge in [-0.15, -0.1) is 0 Å². The van der Waals surface area contributed by atoms with Crippen molar-refractivity contribution in [3.8, 4) is 0 Å². The van der Waals surface area contributed by atoms with Crippen molar-refractivity contribution in [3.05, 3.63) is 69.7 Å². The second kappa shape index (κ2) is 6.43. The van der Waals surface area contributed by atoms with Crippen molar-refractivity contribution in [2.45, 2.75) is 39.8 Å². The summed E-state index contributed by atoms with van der Waals surface area (Å²) in [6, 6.07) is 15.4. The monoisotopic (exact) mass is 287 g/mol. The number of benzene rings is 2. The number of nitrogens with one attached hydrogen (secondary N) is 1. The van der Waals surface area contributed by atoms with Gasteiger partial charge in [0, 0.05) is 17.1 Å². The van der Waals surface area contributed by atoms with Gasteiger partial charge in [0.1, 0.15) is 0 Å². The number of hydrogen-bond acceptors (Lipinski definition) is 1. The molecule has 20 heavy (non-hydrogen) atoms. The number of halogens is 1. The van der Waals surface area contributed by atoms with Gasteiger partial charge in [0.2, 0.25) is 0 Å². The average Bonchev–Trinajstić information content (AvgIpc) is 2.38. The van der Waals surface area contributed by atoms with Crippen molar-refractivity contribution >= 4 is 11.6 Å². The van der Waals surface area contributed by atoms with Crippen LogP contribution in [0.3, 0.4) is 0 Å². The van der Waals surface area contributed by atoms with Crippen LogP contribution in [0.1, 0.15) is 48.2 Å². The number of hydrogen-bond donors (Lipinski definition) is 1. The van der Waals surface area contributed by atoms with Gasteiger partial charge in [-0.05, 0) is 51.0 Å². The van der Waals surface area contributed by atoms with Gasteiger partial charge in [-0.1, -0.05) is 53.1 Å². The van der Waals surface area contributed by atoms with Gasteiger partial charge in [0.25, 0.3) is 0 Å². The Morgan fingerprint density at radius 1 is 0.800 bits per heavy atom. The fourth-order valence-electron chi connectivity index (χ4n) is 2.58. The summed E-state index contributed by atoms with van der Waals surface area (Å²) in [5, 5.41) is 4.42. The molecule has 0 spiro atoms. The van der Waals surface area contributed by atoms with E-state index in [1.54, 1.807) is 0 Å². The Labute approximate surface area is 127 Å². The van der Waals surface area contributed by atoms with Crippen LogP contribution in [0.15, 0.2) is 42.5 Å². The van der Waals surface area contributed by atoms with Crippen molar-refractivity contribution in [1.29, 1.82) is 0 Å². The largest absolute Gasteiger partial charge is 0.304 e. The van der Waals surface area contributed by atoms with Crippen LogP contribution in [0.2, 0.25) is 5.02 Å². The lowest BCUT2D eigenvalue weighted by atomic mass is 10.0. The quantitative estimate of drug-likeness (QED) is 0.797. The van der Waals surface area contributed by atoms with Gasteiger partial charge in [-0.2, -0.15) is 0 Å². The first kappa shape index (κ1) is 15.1. The standard InChI is InChI=1S/C18H22ClN/c1-12-9-13(2)11-17(10-12)15(4)20-14(3)16-5-7-18(19)8-6-16/h5-11,14-15,20H,1-4H3/t14-,15?/m0/s1. The second-order valence-electron chi connectivity index (χ2n) is 5.58. The van der Waals surface area contributed by atoms with Crippen LogP contribution in [0.25, 0.3) is 0 Å². The molecule has 2 heteroatoms. The molecule has 0 radical (unpaired) electrons. The van der Waals surface area contributed by atoms with Gasteiger partial charge >= 0.3 is 0 Å². The van der Waals surface area contributed by atoms with Crippen molar-refractivity contribution < 1.29 is 0 Å². The smallest absolute Gasteiger partial charge is 0.0406 e. The van der Waals surface area contributed by atoms with Gasteiger partial charge < -0.3 is 5.32 Å². The lowest BCUT2D eigenvalue weighted by Gasteiger charge is -2.21. The normalized spacial score (nSPS) is 14.1. The molecule has 0 heterocycles. The Morgan fingerprint density at radius 2 is 1.30 bits per heavy atom. The van der Waals surface area contributed by atoms with Crippen molar-refractivity contribution in [2.75, 3.05) is 0 Å². The van der Waals surface area contributed by atoms with Crippen LogP contribution in [0.4, 0.5) is 0 Å². The molecular weight excluding hydrogens is 266 g/mol. The first-order valence-corrected chi connectivity index (χ1v) is 7.43. The molecular formula is C18H22ClN. The molecule has 0 bridgehead atoms. The molecule has 2 atom stereocenters. The Morgan fingerprint density at radius 3 is 1.85 bits per heavy atom. The third-order valence-electron chi connectivity index (χ3n) is 3.61. The van der Waals surface area contributed by atoms with Crippen LogP contribution >= 0.6 is 11.6 Å². The second-order valence-corrected chi connectivity index (χ2v) is 6.02. The van der Waals surface area contributed by atoms with Crippen molar-refractivity contribution in [2.24, 2.45) is 0 Å². The van der Waals surface area contributed by atoms with Crippen LogP contribution in [-0.2, 0) is 0 Å². The van der Waals surface area contributed by atoms with E-state index in [4.69, 9.17) is 11.6 Å². The summed E-state index contributed by atoms with van der Waals surface area (Å²) < 4.78 is 0. The average molecular weight is 288 g/mol. The molecule has 0 aliphatic heterocycles. The maximum atomic E-state index is 5.93. The lowest BCUT2D eigenvalue weighted by molar-refractivity contribution is 0.494. The Kier molecular flexibility index (Phi) is 4.85. The van der Waals surface area contributed by atoms with E-state index in [1.165, 1.54) is 22.3 Å². The molecule has 2 aromatic carbocycles. The molecule has 1 N–H and O–H groups in total. The predicted molar refractivity (Wildman–Crippen MR) is 87.3 cm³/mol. The van der Waals surface area contributed by atoms with E-state index in [9.17, 15) is 0 Å². The molecule has 0 saturated heterocycles. The Balaban J connectivity index is 2.10. The van der Waals surface area contributed by atoms with E-state index in [2.05, 4.69) is 63.3 Å². The highest BCUT2D eigenvalue weighted by Crippen LogP contribution is 2.22. The van der Waals surface area contributed by atoms with Crippen LogP contribution in [-0.4, -0.2) is 0 Å². The molecule has 0 aliphatic carbocycles. The highest BCUT2D eigenvalue weighted by Gasteiger charge is 2.11. The molecule has 2 aromatic rings. The highest BCUT2D eigenvalue weighted by atomic mass is 35.5. The summed E-state index contributed by atoms with van der Waals surface area (Å²) in [7, 11) is 0. The van der Waals surface area contributed by atoms with Crippen molar-refractivity contribution in [1.82, 2.24) is 5.32 Å². The topological polar surface area (TPSA) is 12.0 Å². The summed E-state index contributed by atoms with van der Waals surface area (Å²) in [5.41, 5.74) is 5.22. The van der Waals surface area contributed by atoms with E-state index in [0.29, 0.717) is 12.1 Å². The maximum absolute atomic E-state index is 5.93. The molecule has 0 aliphatic rings. The summed E-state index contributed by atoms with van der Waals surface area (Å²) in [6.45, 7) is 8.68. The summed E-state index contributed by atoms with van der Waals surface area (Å²) in [5.74, 6) is 0. The van der Waals surface area contributed by atoms with E-state index in [1.807, 2.05) is 12.1 Å². The Bertz CT molecular complexity index is 554. The summed E-state index contributed by atoms with van der Waals surface area (Å²) >= 11 is 5.93. The SMILES string of the molecule is Cc1cc(C)cc(C(C)N[C@@H](C)c2ccc(Cl)cc2)c1. The summed E-state index contributed by atoms with van der Waals surface area (Å²) in [6.07, 6.45) is 0. The minimum absolute atomic E-state index is 0.295. The molecule has 1 nitrogen and oxygen atoms in total. The summed E-state index contributed by atoms with van der Waals surface area (Å²) in [4.78, 5) is 0. The third kappa shape index (κ3) is 3.84. The molecule has 1 unspecified atom stereocenters. The van der Waals surface area contributed by atoms with E-state index < -0.39 is 0 Å². The molecule has 0 aromatic heterocycles. The zero-order valence-electron chi connectivity index (χ0n) is 12.6. The zero-order chi connectivity index (χ0) is 14.7. The molecule has 0 fully saturated rings. The van der Waals surface area contributed by atoms with Crippen LogP contribution in [0, 0.1) is 13.8 Å². The van der Waals surface area contributed by atoms with Crippen LogP contribution < -0.4 is 5.32 Å². The number of aryl methyl sites for hydroxylation is 2. The van der Waals surface area contributed by atoms with Crippen LogP contribution in [0.5, 0.6) is 0 Å². The van der Waals surface area contributed by atoms with Gasteiger partial charge in [-0.25, -0.2) is 0 Å².